The molecule has 21 heavy (non-hydrogen) atoms. The smallest absolute Gasteiger partial charge is 0.310 e. The van der Waals surface area contributed by atoms with E-state index in [4.69, 9.17) is 9.47 Å². The molecule has 118 valence electrons. The summed E-state index contributed by atoms with van der Waals surface area (Å²) in [5.74, 6) is 0.894. The molecule has 0 saturated carbocycles. The highest BCUT2D eigenvalue weighted by molar-refractivity contribution is 5.48. The number of hydrogen-bond donors (Lipinski definition) is 1. The van der Waals surface area contributed by atoms with Crippen LogP contribution in [0.2, 0.25) is 0 Å². The van der Waals surface area contributed by atoms with Gasteiger partial charge < -0.3 is 14.8 Å². The van der Waals surface area contributed by atoms with Crippen molar-refractivity contribution in [1.29, 1.82) is 0 Å². The predicted molar refractivity (Wildman–Crippen MR) is 81.6 cm³/mol. The van der Waals surface area contributed by atoms with E-state index in [0.29, 0.717) is 38.0 Å². The number of rotatable bonds is 10. The molecule has 0 atom stereocenters. The minimum Gasteiger partial charge on any atom is -0.484 e. The maximum absolute atomic E-state index is 11.0. The van der Waals surface area contributed by atoms with E-state index < -0.39 is 4.92 Å². The number of nitro groups is 1. The van der Waals surface area contributed by atoms with E-state index >= 15 is 0 Å². The van der Waals surface area contributed by atoms with Crippen molar-refractivity contribution in [2.24, 2.45) is 5.92 Å². The largest absolute Gasteiger partial charge is 0.484 e. The third kappa shape index (κ3) is 6.55. The van der Waals surface area contributed by atoms with Crippen LogP contribution in [0.25, 0.3) is 0 Å². The molecular formula is C15H24N2O4. The first-order chi connectivity index (χ1) is 10.0. The second-order valence-corrected chi connectivity index (χ2v) is 5.23. The van der Waals surface area contributed by atoms with Gasteiger partial charge in [-0.05, 0) is 31.0 Å². The average Bonchev–Trinajstić information content (AvgIpc) is 2.42. The van der Waals surface area contributed by atoms with Gasteiger partial charge in [-0.25, -0.2) is 0 Å². The highest BCUT2D eigenvalue weighted by Gasteiger charge is 2.15. The summed E-state index contributed by atoms with van der Waals surface area (Å²) in [7, 11) is 1.82. The fourth-order valence-electron chi connectivity index (χ4n) is 1.77. The lowest BCUT2D eigenvalue weighted by atomic mass is 10.1. The molecule has 0 aliphatic heterocycles. The molecule has 1 N–H and O–H groups in total. The fraction of sp³-hybridized carbons (Fsp3) is 0.600. The molecule has 1 aromatic rings. The zero-order valence-electron chi connectivity index (χ0n) is 12.9. The minimum atomic E-state index is -0.432. The van der Waals surface area contributed by atoms with Gasteiger partial charge in [0, 0.05) is 19.2 Å². The van der Waals surface area contributed by atoms with Gasteiger partial charge in [-0.1, -0.05) is 19.9 Å². The molecule has 0 aliphatic rings. The van der Waals surface area contributed by atoms with Crippen molar-refractivity contribution in [2.75, 3.05) is 26.9 Å². The molecular weight excluding hydrogens is 272 g/mol. The van der Waals surface area contributed by atoms with E-state index in [2.05, 4.69) is 19.2 Å². The molecule has 0 spiro atoms. The second kappa shape index (κ2) is 9.31. The van der Waals surface area contributed by atoms with Crippen LogP contribution in [0.4, 0.5) is 5.69 Å². The van der Waals surface area contributed by atoms with E-state index in [9.17, 15) is 10.1 Å². The highest BCUT2D eigenvalue weighted by atomic mass is 16.6. The third-order valence-corrected chi connectivity index (χ3v) is 2.93. The Balaban J connectivity index is 2.51. The van der Waals surface area contributed by atoms with Crippen molar-refractivity contribution in [3.05, 3.63) is 33.9 Å². The van der Waals surface area contributed by atoms with Crippen molar-refractivity contribution >= 4 is 5.69 Å². The minimum absolute atomic E-state index is 0.0166. The van der Waals surface area contributed by atoms with Crippen LogP contribution in [0.5, 0.6) is 5.75 Å². The van der Waals surface area contributed by atoms with Crippen molar-refractivity contribution in [2.45, 2.75) is 26.8 Å². The number of hydrogen-bond acceptors (Lipinski definition) is 5. The summed E-state index contributed by atoms with van der Waals surface area (Å²) in [5.41, 5.74) is 0.927. The summed E-state index contributed by atoms with van der Waals surface area (Å²) in [4.78, 5) is 10.5. The Kier molecular flexibility index (Phi) is 7.71. The Hall–Kier alpha value is -1.66. The Morgan fingerprint density at radius 1 is 1.29 bits per heavy atom. The average molecular weight is 296 g/mol. The summed E-state index contributed by atoms with van der Waals surface area (Å²) in [6.07, 6.45) is 0.998. The topological polar surface area (TPSA) is 73.6 Å². The van der Waals surface area contributed by atoms with Crippen LogP contribution in [0.3, 0.4) is 0 Å². The number of benzene rings is 1. The van der Waals surface area contributed by atoms with Gasteiger partial charge in [0.2, 0.25) is 0 Å². The van der Waals surface area contributed by atoms with E-state index in [1.165, 1.54) is 6.07 Å². The normalized spacial score (nSPS) is 10.9. The molecule has 6 nitrogen and oxygen atoms in total. The SMILES string of the molecule is CNCc1ccc([N+](=O)[O-])c(OCCOCCC(C)C)c1. The van der Waals surface area contributed by atoms with Crippen LogP contribution in [-0.2, 0) is 11.3 Å². The van der Waals surface area contributed by atoms with Crippen LogP contribution < -0.4 is 10.1 Å². The second-order valence-electron chi connectivity index (χ2n) is 5.23. The third-order valence-electron chi connectivity index (χ3n) is 2.93. The summed E-state index contributed by atoms with van der Waals surface area (Å²) in [5, 5.41) is 14.0. The van der Waals surface area contributed by atoms with Gasteiger partial charge >= 0.3 is 5.69 Å². The first-order valence-corrected chi connectivity index (χ1v) is 7.17. The zero-order valence-corrected chi connectivity index (χ0v) is 12.9. The monoisotopic (exact) mass is 296 g/mol. The van der Waals surface area contributed by atoms with Gasteiger partial charge in [0.25, 0.3) is 0 Å². The first-order valence-electron chi connectivity index (χ1n) is 7.17. The van der Waals surface area contributed by atoms with Crippen molar-refractivity contribution in [1.82, 2.24) is 5.32 Å². The molecule has 1 aromatic carbocycles. The van der Waals surface area contributed by atoms with E-state index in [1.807, 2.05) is 7.05 Å². The number of nitrogens with one attached hydrogen (secondary N) is 1. The lowest BCUT2D eigenvalue weighted by Crippen LogP contribution is -2.10. The van der Waals surface area contributed by atoms with Gasteiger partial charge in [-0.2, -0.15) is 0 Å². The Labute approximate surface area is 125 Å². The molecule has 0 amide bonds. The van der Waals surface area contributed by atoms with Crippen molar-refractivity contribution in [3.8, 4) is 5.75 Å². The van der Waals surface area contributed by atoms with Crippen LogP contribution in [0.15, 0.2) is 18.2 Å². The van der Waals surface area contributed by atoms with Gasteiger partial charge in [0.15, 0.2) is 5.75 Å². The standard InChI is InChI=1S/C15H24N2O4/c1-12(2)6-7-20-8-9-21-15-10-13(11-16-3)4-5-14(15)17(18)19/h4-5,10,12,16H,6-9,11H2,1-3H3. The molecule has 6 heteroatoms. The van der Waals surface area contributed by atoms with Crippen molar-refractivity contribution in [3.63, 3.8) is 0 Å². The lowest BCUT2D eigenvalue weighted by Gasteiger charge is -2.10. The number of nitrogens with zero attached hydrogens (tertiary/aromatic N) is 1. The van der Waals surface area contributed by atoms with Gasteiger partial charge in [-0.3, -0.25) is 10.1 Å². The van der Waals surface area contributed by atoms with Crippen LogP contribution in [-0.4, -0.2) is 31.8 Å². The Morgan fingerprint density at radius 2 is 2.05 bits per heavy atom. The summed E-state index contributed by atoms with van der Waals surface area (Å²) < 4.78 is 10.9. The molecule has 0 radical (unpaired) electrons. The van der Waals surface area contributed by atoms with Gasteiger partial charge in [0.05, 0.1) is 11.5 Å². The quantitative estimate of drug-likeness (QED) is 0.408. The van der Waals surface area contributed by atoms with E-state index in [-0.39, 0.29) is 5.69 Å². The summed E-state index contributed by atoms with van der Waals surface area (Å²) >= 11 is 0. The molecule has 0 heterocycles. The zero-order chi connectivity index (χ0) is 15.7. The fourth-order valence-corrected chi connectivity index (χ4v) is 1.77. The van der Waals surface area contributed by atoms with E-state index in [1.54, 1.807) is 12.1 Å². The Bertz CT molecular complexity index is 449. The molecule has 0 aliphatic carbocycles. The highest BCUT2D eigenvalue weighted by Crippen LogP contribution is 2.27. The van der Waals surface area contributed by atoms with Crippen molar-refractivity contribution < 1.29 is 14.4 Å². The predicted octanol–water partition coefficient (Wildman–Crippen LogP) is 2.76. The summed E-state index contributed by atoms with van der Waals surface area (Å²) in [6.45, 7) is 6.33. The molecule has 0 bridgehead atoms. The van der Waals surface area contributed by atoms with Gasteiger partial charge in [-0.15, -0.1) is 0 Å². The van der Waals surface area contributed by atoms with Crippen LogP contribution in [0, 0.1) is 16.0 Å². The summed E-state index contributed by atoms with van der Waals surface area (Å²) in [6, 6.07) is 4.89. The Morgan fingerprint density at radius 3 is 2.67 bits per heavy atom. The lowest BCUT2D eigenvalue weighted by molar-refractivity contribution is -0.385. The number of nitro benzene ring substituents is 1. The maximum Gasteiger partial charge on any atom is 0.310 e. The van der Waals surface area contributed by atoms with Crippen LogP contribution in [0.1, 0.15) is 25.8 Å². The molecule has 0 unspecified atom stereocenters. The van der Waals surface area contributed by atoms with Gasteiger partial charge in [0.1, 0.15) is 6.61 Å². The molecule has 0 fully saturated rings. The molecule has 0 aromatic heterocycles. The maximum atomic E-state index is 11.0. The first kappa shape index (κ1) is 17.4. The molecule has 0 saturated heterocycles. The number of ether oxygens (including phenoxy) is 2. The van der Waals surface area contributed by atoms with Crippen LogP contribution >= 0.6 is 0 Å². The molecule has 1 rings (SSSR count). The van der Waals surface area contributed by atoms with E-state index in [0.717, 1.165) is 12.0 Å².